The van der Waals surface area contributed by atoms with Crippen LogP contribution in [0.2, 0.25) is 0 Å². The number of Topliss-reactive ketones (excluding diaryl/α,β-unsaturated/α-hetero) is 1. The van der Waals surface area contributed by atoms with Gasteiger partial charge in [-0.3, -0.25) is 19.7 Å². The van der Waals surface area contributed by atoms with Crippen LogP contribution in [0.5, 0.6) is 0 Å². The van der Waals surface area contributed by atoms with Crippen molar-refractivity contribution in [3.8, 4) is 0 Å². The molecular formula is C12H11NO4. The van der Waals surface area contributed by atoms with E-state index in [1.54, 1.807) is 0 Å². The molecule has 88 valence electrons. The van der Waals surface area contributed by atoms with E-state index in [9.17, 15) is 19.7 Å². The van der Waals surface area contributed by atoms with Crippen LogP contribution in [0, 0.1) is 10.1 Å². The summed E-state index contributed by atoms with van der Waals surface area (Å²) in [5.41, 5.74) is 0.626. The van der Waals surface area contributed by atoms with E-state index in [0.29, 0.717) is 5.56 Å². The van der Waals surface area contributed by atoms with Gasteiger partial charge in [0.1, 0.15) is 5.78 Å². The molecule has 0 aliphatic carbocycles. The number of nitro benzene ring substituents is 1. The fourth-order valence-electron chi connectivity index (χ4n) is 1.29. The van der Waals surface area contributed by atoms with Gasteiger partial charge in [0.25, 0.3) is 5.69 Å². The van der Waals surface area contributed by atoms with Crippen molar-refractivity contribution >= 4 is 17.3 Å². The second-order valence-electron chi connectivity index (χ2n) is 3.49. The van der Waals surface area contributed by atoms with Crippen LogP contribution in [-0.2, 0) is 16.0 Å². The Kier molecular flexibility index (Phi) is 4.28. The molecule has 0 spiro atoms. The summed E-state index contributed by atoms with van der Waals surface area (Å²) < 4.78 is 0. The zero-order valence-corrected chi connectivity index (χ0v) is 9.09. The summed E-state index contributed by atoms with van der Waals surface area (Å²) in [6.07, 6.45) is 1.02. The number of rotatable bonds is 6. The van der Waals surface area contributed by atoms with E-state index < -0.39 is 4.92 Å². The van der Waals surface area contributed by atoms with Crippen molar-refractivity contribution in [3.05, 3.63) is 52.6 Å². The molecule has 5 heteroatoms. The molecule has 1 rings (SSSR count). The molecule has 0 aliphatic rings. The van der Waals surface area contributed by atoms with Crippen molar-refractivity contribution in [2.45, 2.75) is 12.8 Å². The molecule has 1 aromatic rings. The summed E-state index contributed by atoms with van der Waals surface area (Å²) in [4.78, 5) is 32.2. The number of carbonyl (C=O) groups is 2. The van der Waals surface area contributed by atoms with E-state index in [1.165, 1.54) is 24.3 Å². The molecule has 0 atom stereocenters. The maximum Gasteiger partial charge on any atom is 0.269 e. The zero-order valence-electron chi connectivity index (χ0n) is 9.09. The van der Waals surface area contributed by atoms with Crippen LogP contribution in [0.1, 0.15) is 12.0 Å². The van der Waals surface area contributed by atoms with E-state index in [1.807, 2.05) is 0 Å². The molecule has 0 aliphatic heterocycles. The minimum absolute atomic E-state index is 0.0247. The number of nitrogens with zero attached hydrogens (tertiary/aromatic N) is 1. The maximum atomic E-state index is 11.4. The molecule has 0 amide bonds. The number of ketones is 2. The SMILES string of the molecule is C=CC(=O)CC(=O)Cc1ccc([N+](=O)[O-])cc1. The van der Waals surface area contributed by atoms with Gasteiger partial charge in [-0.1, -0.05) is 18.7 Å². The highest BCUT2D eigenvalue weighted by Crippen LogP contribution is 2.12. The lowest BCUT2D eigenvalue weighted by atomic mass is 10.1. The lowest BCUT2D eigenvalue weighted by Crippen LogP contribution is -2.08. The molecule has 0 heterocycles. The molecule has 0 saturated carbocycles. The number of benzene rings is 1. The topological polar surface area (TPSA) is 77.3 Å². The molecule has 0 unspecified atom stereocenters. The monoisotopic (exact) mass is 233 g/mol. The summed E-state index contributed by atoms with van der Waals surface area (Å²) >= 11 is 0. The molecule has 0 bridgehead atoms. The quantitative estimate of drug-likeness (QED) is 0.325. The number of nitro groups is 1. The van der Waals surface area contributed by atoms with Crippen LogP contribution >= 0.6 is 0 Å². The van der Waals surface area contributed by atoms with Gasteiger partial charge in [-0.2, -0.15) is 0 Å². The average Bonchev–Trinajstić information content (AvgIpc) is 2.29. The Morgan fingerprint density at radius 3 is 2.35 bits per heavy atom. The fraction of sp³-hybridized carbons (Fsp3) is 0.167. The van der Waals surface area contributed by atoms with Gasteiger partial charge in [-0.15, -0.1) is 0 Å². The van der Waals surface area contributed by atoms with Crippen LogP contribution in [0.15, 0.2) is 36.9 Å². The Hall–Kier alpha value is -2.30. The van der Waals surface area contributed by atoms with Gasteiger partial charge in [0.15, 0.2) is 5.78 Å². The fourth-order valence-corrected chi connectivity index (χ4v) is 1.29. The van der Waals surface area contributed by atoms with Gasteiger partial charge in [0, 0.05) is 18.6 Å². The highest BCUT2D eigenvalue weighted by atomic mass is 16.6. The number of non-ortho nitro benzene ring substituents is 1. The second kappa shape index (κ2) is 5.69. The molecule has 0 saturated heterocycles. The van der Waals surface area contributed by atoms with Crippen molar-refractivity contribution in [1.29, 1.82) is 0 Å². The first-order valence-corrected chi connectivity index (χ1v) is 4.93. The molecule has 1 aromatic carbocycles. The van der Waals surface area contributed by atoms with Gasteiger partial charge >= 0.3 is 0 Å². The van der Waals surface area contributed by atoms with Gasteiger partial charge < -0.3 is 0 Å². The van der Waals surface area contributed by atoms with Gasteiger partial charge in [-0.25, -0.2) is 0 Å². The van der Waals surface area contributed by atoms with E-state index in [4.69, 9.17) is 0 Å². The lowest BCUT2D eigenvalue weighted by Gasteiger charge is -1.99. The Morgan fingerprint density at radius 2 is 1.88 bits per heavy atom. The minimum atomic E-state index is -0.507. The Balaban J connectivity index is 2.63. The van der Waals surface area contributed by atoms with E-state index in [2.05, 4.69) is 6.58 Å². The first-order chi connectivity index (χ1) is 8.02. The predicted molar refractivity (Wildman–Crippen MR) is 61.6 cm³/mol. The first-order valence-electron chi connectivity index (χ1n) is 4.93. The third-order valence-corrected chi connectivity index (χ3v) is 2.15. The van der Waals surface area contributed by atoms with E-state index >= 15 is 0 Å². The van der Waals surface area contributed by atoms with Gasteiger partial charge in [0.05, 0.1) is 11.3 Å². The van der Waals surface area contributed by atoms with Crippen LogP contribution in [0.3, 0.4) is 0 Å². The number of allylic oxidation sites excluding steroid dienone is 1. The highest BCUT2D eigenvalue weighted by Gasteiger charge is 2.09. The van der Waals surface area contributed by atoms with Crippen LogP contribution in [-0.4, -0.2) is 16.5 Å². The molecule has 0 N–H and O–H groups in total. The molecule has 17 heavy (non-hydrogen) atoms. The highest BCUT2D eigenvalue weighted by molar-refractivity contribution is 6.04. The summed E-state index contributed by atoms with van der Waals surface area (Å²) in [5, 5.41) is 10.4. The average molecular weight is 233 g/mol. The smallest absolute Gasteiger partial charge is 0.269 e. The standard InChI is InChI=1S/C12H11NO4/c1-2-11(14)8-12(15)7-9-3-5-10(6-4-9)13(16)17/h2-6H,1,7-8H2. The van der Waals surface area contributed by atoms with Crippen LogP contribution in [0.4, 0.5) is 5.69 Å². The largest absolute Gasteiger partial charge is 0.299 e. The maximum absolute atomic E-state index is 11.4. The second-order valence-corrected chi connectivity index (χ2v) is 3.49. The van der Waals surface area contributed by atoms with Crippen molar-refractivity contribution in [2.75, 3.05) is 0 Å². The molecule has 0 radical (unpaired) electrons. The number of hydrogen-bond acceptors (Lipinski definition) is 4. The van der Waals surface area contributed by atoms with Crippen molar-refractivity contribution < 1.29 is 14.5 Å². The number of carbonyl (C=O) groups excluding carboxylic acids is 2. The lowest BCUT2D eigenvalue weighted by molar-refractivity contribution is -0.384. The van der Waals surface area contributed by atoms with Crippen molar-refractivity contribution in [1.82, 2.24) is 0 Å². The Labute approximate surface area is 97.9 Å². The van der Waals surface area contributed by atoms with Crippen molar-refractivity contribution in [2.24, 2.45) is 0 Å². The molecule has 5 nitrogen and oxygen atoms in total. The van der Waals surface area contributed by atoms with Gasteiger partial charge in [-0.05, 0) is 11.6 Å². The van der Waals surface area contributed by atoms with E-state index in [-0.39, 0.29) is 30.1 Å². The van der Waals surface area contributed by atoms with Crippen LogP contribution < -0.4 is 0 Å². The van der Waals surface area contributed by atoms with Crippen molar-refractivity contribution in [3.63, 3.8) is 0 Å². The Bertz CT molecular complexity index is 462. The molecular weight excluding hydrogens is 222 g/mol. The summed E-state index contributed by atoms with van der Waals surface area (Å²) in [7, 11) is 0. The van der Waals surface area contributed by atoms with E-state index in [0.717, 1.165) is 6.08 Å². The summed E-state index contributed by atoms with van der Waals surface area (Å²) in [5.74, 6) is -0.555. The zero-order chi connectivity index (χ0) is 12.8. The number of hydrogen-bond donors (Lipinski definition) is 0. The minimum Gasteiger partial charge on any atom is -0.299 e. The third kappa shape index (κ3) is 3.98. The summed E-state index contributed by atoms with van der Waals surface area (Å²) in [6.45, 7) is 3.27. The molecule has 0 aromatic heterocycles. The third-order valence-electron chi connectivity index (χ3n) is 2.15. The molecule has 0 fully saturated rings. The normalized spacial score (nSPS) is 9.65. The van der Waals surface area contributed by atoms with Gasteiger partial charge in [0.2, 0.25) is 0 Å². The summed E-state index contributed by atoms with van der Waals surface area (Å²) in [6, 6.07) is 5.68. The van der Waals surface area contributed by atoms with Crippen LogP contribution in [0.25, 0.3) is 0 Å². The Morgan fingerprint density at radius 1 is 1.29 bits per heavy atom. The predicted octanol–water partition coefficient (Wildman–Crippen LogP) is 1.85. The first kappa shape index (κ1) is 12.8.